The summed E-state index contributed by atoms with van der Waals surface area (Å²) < 4.78 is 0.724. The average molecular weight is 293 g/mol. The fourth-order valence-corrected chi connectivity index (χ4v) is 3.90. The summed E-state index contributed by atoms with van der Waals surface area (Å²) in [7, 11) is 0. The van der Waals surface area contributed by atoms with Gasteiger partial charge in [-0.1, -0.05) is 29.9 Å². The largest absolute Gasteiger partial charge is 0.357 e. The van der Waals surface area contributed by atoms with Gasteiger partial charge in [0.1, 0.15) is 4.32 Å². The van der Waals surface area contributed by atoms with Gasteiger partial charge in [-0.3, -0.25) is 4.79 Å². The van der Waals surface area contributed by atoms with Gasteiger partial charge in [-0.05, 0) is 56.5 Å². The maximum atomic E-state index is 12.4. The summed E-state index contributed by atoms with van der Waals surface area (Å²) in [4.78, 5) is 14.5. The van der Waals surface area contributed by atoms with Gasteiger partial charge in [0.2, 0.25) is 5.12 Å². The predicted molar refractivity (Wildman–Crippen MR) is 86.0 cm³/mol. The lowest BCUT2D eigenvalue weighted by Crippen LogP contribution is -2.24. The first-order valence-electron chi connectivity index (χ1n) is 6.58. The van der Waals surface area contributed by atoms with Gasteiger partial charge in [0, 0.05) is 18.7 Å². The molecule has 0 spiro atoms. The molecule has 19 heavy (non-hydrogen) atoms. The van der Waals surface area contributed by atoms with Gasteiger partial charge in [0.25, 0.3) is 0 Å². The molecule has 0 aromatic heterocycles. The molecule has 1 aliphatic heterocycles. The van der Waals surface area contributed by atoms with Crippen molar-refractivity contribution in [2.45, 2.75) is 33.6 Å². The van der Waals surface area contributed by atoms with Crippen LogP contribution >= 0.6 is 24.0 Å². The molecule has 1 aromatic rings. The molecule has 1 saturated heterocycles. The van der Waals surface area contributed by atoms with Crippen LogP contribution in [0.1, 0.15) is 39.9 Å². The molecule has 0 amide bonds. The second-order valence-electron chi connectivity index (χ2n) is 5.12. The Bertz CT molecular complexity index is 496. The maximum absolute atomic E-state index is 12.4. The first kappa shape index (κ1) is 14.5. The molecule has 0 N–H and O–H groups in total. The normalized spacial score (nSPS) is 14.8. The molecule has 2 nitrogen and oxygen atoms in total. The Morgan fingerprint density at radius 2 is 1.68 bits per heavy atom. The summed E-state index contributed by atoms with van der Waals surface area (Å²) in [6.07, 6.45) is 2.36. The zero-order chi connectivity index (χ0) is 14.0. The lowest BCUT2D eigenvalue weighted by atomic mass is 10.0. The molecular formula is C15H19NOS2. The van der Waals surface area contributed by atoms with Crippen molar-refractivity contribution < 1.29 is 4.79 Å². The third kappa shape index (κ3) is 3.37. The third-order valence-electron chi connectivity index (χ3n) is 3.43. The van der Waals surface area contributed by atoms with Crippen LogP contribution in [0.3, 0.4) is 0 Å². The smallest absolute Gasteiger partial charge is 0.226 e. The van der Waals surface area contributed by atoms with Crippen molar-refractivity contribution in [3.63, 3.8) is 0 Å². The summed E-state index contributed by atoms with van der Waals surface area (Å²) in [5.74, 6) is 0. The molecule has 1 fully saturated rings. The minimum atomic E-state index is 0.0758. The number of nitrogens with zero attached hydrogens (tertiary/aromatic N) is 1. The van der Waals surface area contributed by atoms with Crippen molar-refractivity contribution in [3.8, 4) is 0 Å². The quantitative estimate of drug-likeness (QED) is 0.732. The Labute approximate surface area is 124 Å². The topological polar surface area (TPSA) is 20.3 Å². The average Bonchev–Trinajstić information content (AvgIpc) is 2.80. The van der Waals surface area contributed by atoms with Crippen molar-refractivity contribution in [2.75, 3.05) is 13.1 Å². The Morgan fingerprint density at radius 3 is 2.21 bits per heavy atom. The number of hydrogen-bond donors (Lipinski definition) is 0. The van der Waals surface area contributed by atoms with E-state index in [1.54, 1.807) is 0 Å². The molecular weight excluding hydrogens is 274 g/mol. The molecule has 102 valence electrons. The van der Waals surface area contributed by atoms with Gasteiger partial charge in [-0.15, -0.1) is 0 Å². The molecule has 0 saturated carbocycles. The zero-order valence-electron chi connectivity index (χ0n) is 11.7. The highest BCUT2D eigenvalue weighted by atomic mass is 32.2. The number of benzene rings is 1. The van der Waals surface area contributed by atoms with Crippen LogP contribution in [0, 0.1) is 20.8 Å². The number of carbonyl (C=O) groups excluding carboxylic acids is 1. The summed E-state index contributed by atoms with van der Waals surface area (Å²) >= 11 is 6.57. The molecule has 0 aliphatic carbocycles. The fourth-order valence-electron chi connectivity index (χ4n) is 2.60. The minimum Gasteiger partial charge on any atom is -0.357 e. The number of carbonyl (C=O) groups is 1. The van der Waals surface area contributed by atoms with E-state index >= 15 is 0 Å². The number of likely N-dealkylation sites (tertiary alicyclic amines) is 1. The van der Waals surface area contributed by atoms with Crippen LogP contribution in [0.25, 0.3) is 0 Å². The van der Waals surface area contributed by atoms with Gasteiger partial charge >= 0.3 is 0 Å². The predicted octanol–water partition coefficient (Wildman–Crippen LogP) is 3.87. The van der Waals surface area contributed by atoms with Crippen LogP contribution in [0.2, 0.25) is 0 Å². The number of rotatable bonds is 1. The van der Waals surface area contributed by atoms with E-state index in [4.69, 9.17) is 12.2 Å². The zero-order valence-corrected chi connectivity index (χ0v) is 13.3. The van der Waals surface area contributed by atoms with Crippen molar-refractivity contribution in [1.29, 1.82) is 0 Å². The number of aryl methyl sites for hydroxylation is 3. The van der Waals surface area contributed by atoms with Gasteiger partial charge in [0.05, 0.1) is 0 Å². The van der Waals surface area contributed by atoms with E-state index in [0.717, 1.165) is 34.1 Å². The van der Waals surface area contributed by atoms with E-state index in [0.29, 0.717) is 0 Å². The Hall–Kier alpha value is -0.870. The Kier molecular flexibility index (Phi) is 4.63. The standard InChI is InChI=1S/C15H19NOS2/c1-10-8-11(2)13(12(3)9-10)14(17)19-15(18)16-6-4-5-7-16/h8-9H,4-7H2,1-3H3. The second-order valence-corrected chi connectivity index (χ2v) is 6.73. The van der Waals surface area contributed by atoms with Crippen LogP contribution in [0.5, 0.6) is 0 Å². The van der Waals surface area contributed by atoms with Gasteiger partial charge in [0.15, 0.2) is 0 Å². The van der Waals surface area contributed by atoms with E-state index in [2.05, 4.69) is 24.0 Å². The van der Waals surface area contributed by atoms with Crippen molar-refractivity contribution in [3.05, 3.63) is 34.4 Å². The maximum Gasteiger partial charge on any atom is 0.226 e. The minimum absolute atomic E-state index is 0.0758. The number of thiocarbonyl (C=S) groups is 1. The Balaban J connectivity index is 2.14. The van der Waals surface area contributed by atoms with Crippen LogP contribution in [0.4, 0.5) is 0 Å². The third-order valence-corrected chi connectivity index (χ3v) is 4.76. The van der Waals surface area contributed by atoms with Crippen LogP contribution < -0.4 is 0 Å². The van der Waals surface area contributed by atoms with Gasteiger partial charge in [-0.2, -0.15) is 0 Å². The molecule has 0 radical (unpaired) electrons. The molecule has 4 heteroatoms. The lowest BCUT2D eigenvalue weighted by molar-refractivity contribution is 0.108. The summed E-state index contributed by atoms with van der Waals surface area (Å²) in [5.41, 5.74) is 4.09. The van der Waals surface area contributed by atoms with Crippen molar-refractivity contribution in [1.82, 2.24) is 4.90 Å². The van der Waals surface area contributed by atoms with Gasteiger partial charge in [-0.25, -0.2) is 0 Å². The molecule has 0 bridgehead atoms. The van der Waals surface area contributed by atoms with E-state index in [-0.39, 0.29) is 5.12 Å². The SMILES string of the molecule is Cc1cc(C)c(C(=O)SC(=S)N2CCCC2)c(C)c1. The van der Waals surface area contributed by atoms with E-state index in [1.165, 1.54) is 30.2 Å². The lowest BCUT2D eigenvalue weighted by Gasteiger charge is -2.17. The van der Waals surface area contributed by atoms with Gasteiger partial charge < -0.3 is 4.90 Å². The Morgan fingerprint density at radius 1 is 1.16 bits per heavy atom. The molecule has 0 atom stereocenters. The summed E-state index contributed by atoms with van der Waals surface area (Å²) in [5, 5.41) is 0.0758. The first-order valence-corrected chi connectivity index (χ1v) is 7.80. The first-order chi connectivity index (χ1) is 8.99. The molecule has 1 aliphatic rings. The second kappa shape index (κ2) is 6.06. The molecule has 2 rings (SSSR count). The highest BCUT2D eigenvalue weighted by Gasteiger charge is 2.21. The monoisotopic (exact) mass is 293 g/mol. The molecule has 1 heterocycles. The van der Waals surface area contributed by atoms with Crippen molar-refractivity contribution in [2.24, 2.45) is 0 Å². The molecule has 0 unspecified atom stereocenters. The number of hydrogen-bond acceptors (Lipinski definition) is 3. The highest BCUT2D eigenvalue weighted by molar-refractivity contribution is 8.33. The van der Waals surface area contributed by atoms with Crippen molar-refractivity contribution >= 4 is 33.4 Å². The highest BCUT2D eigenvalue weighted by Crippen LogP contribution is 2.25. The van der Waals surface area contributed by atoms with E-state index in [9.17, 15) is 4.79 Å². The van der Waals surface area contributed by atoms with Crippen LogP contribution in [-0.2, 0) is 0 Å². The fraction of sp³-hybridized carbons (Fsp3) is 0.467. The van der Waals surface area contributed by atoms with E-state index in [1.807, 2.05) is 13.8 Å². The van der Waals surface area contributed by atoms with E-state index < -0.39 is 0 Å². The van der Waals surface area contributed by atoms with Crippen LogP contribution in [-0.4, -0.2) is 27.4 Å². The number of thioether (sulfide) groups is 1. The summed E-state index contributed by atoms with van der Waals surface area (Å²) in [6, 6.07) is 4.11. The van der Waals surface area contributed by atoms with Crippen LogP contribution in [0.15, 0.2) is 12.1 Å². The molecule has 1 aromatic carbocycles. The summed E-state index contributed by atoms with van der Waals surface area (Å²) in [6.45, 7) is 8.02.